The van der Waals surface area contributed by atoms with Gasteiger partial charge in [0.05, 0.1) is 24.2 Å². The second-order valence-corrected chi connectivity index (χ2v) is 6.99. The van der Waals surface area contributed by atoms with Crippen LogP contribution in [0.2, 0.25) is 0 Å². The molecule has 0 saturated carbocycles. The minimum Gasteiger partial charge on any atom is -0.478 e. The summed E-state index contributed by atoms with van der Waals surface area (Å²) in [4.78, 5) is 11.3. The van der Waals surface area contributed by atoms with Crippen molar-refractivity contribution in [1.29, 1.82) is 0 Å². The van der Waals surface area contributed by atoms with Crippen LogP contribution in [0.15, 0.2) is 59.0 Å². The Bertz CT molecular complexity index is 639. The summed E-state index contributed by atoms with van der Waals surface area (Å²) in [7, 11) is 0. The van der Waals surface area contributed by atoms with Crippen LogP contribution < -0.4 is 0 Å². The Kier molecular flexibility index (Phi) is 5.84. The molecule has 2 N–H and O–H groups in total. The second kappa shape index (κ2) is 7.67. The van der Waals surface area contributed by atoms with E-state index in [1.807, 2.05) is 6.08 Å². The molecule has 24 heavy (non-hydrogen) atoms. The van der Waals surface area contributed by atoms with Gasteiger partial charge in [0, 0.05) is 5.56 Å². The molecule has 0 fully saturated rings. The molecule has 3 atom stereocenters. The van der Waals surface area contributed by atoms with E-state index in [-0.39, 0.29) is 11.0 Å². The Balaban J connectivity index is 2.20. The van der Waals surface area contributed by atoms with E-state index < -0.39 is 12.1 Å². The molecule has 4 heteroatoms. The molecule has 0 bridgehead atoms. The zero-order chi connectivity index (χ0) is 17.7. The molecule has 1 aliphatic rings. The van der Waals surface area contributed by atoms with Crippen molar-refractivity contribution < 1.29 is 19.4 Å². The number of aliphatic hydroxyl groups excluding tert-OH is 1. The van der Waals surface area contributed by atoms with Crippen LogP contribution in [0, 0.1) is 11.3 Å². The third kappa shape index (κ3) is 4.26. The smallest absolute Gasteiger partial charge is 0.335 e. The number of hydrogen-bond donors (Lipinski definition) is 2. The van der Waals surface area contributed by atoms with Gasteiger partial charge in [-0.05, 0) is 54.7 Å². The highest BCUT2D eigenvalue weighted by Gasteiger charge is 2.33. The van der Waals surface area contributed by atoms with Crippen molar-refractivity contribution in [2.75, 3.05) is 0 Å². The maximum absolute atomic E-state index is 11.3. The average Bonchev–Trinajstić information content (AvgIpc) is 3.05. The van der Waals surface area contributed by atoms with Crippen LogP contribution in [-0.4, -0.2) is 16.2 Å². The van der Waals surface area contributed by atoms with E-state index >= 15 is 0 Å². The van der Waals surface area contributed by atoms with E-state index in [1.54, 1.807) is 30.7 Å². The van der Waals surface area contributed by atoms with Gasteiger partial charge < -0.3 is 14.6 Å². The molecule has 0 saturated heterocycles. The van der Waals surface area contributed by atoms with Crippen molar-refractivity contribution >= 4 is 5.97 Å². The van der Waals surface area contributed by atoms with Gasteiger partial charge in [-0.25, -0.2) is 4.79 Å². The minimum absolute atomic E-state index is 0.0952. The predicted molar refractivity (Wildman–Crippen MR) is 93.4 cm³/mol. The standard InChI is InChI=1S/C20H26O4/c1-14-7-8-15(2)20(3,10-5-4-6-17(14)19(22)23)12-18(21)16-9-11-24-13-16/h4-6,9,11,13,15,18,21H,1,7-8,10,12H2,2-3H3,(H,22,23)/b5-4-,17-6+/t15-,18-,20+/m1/s1. The van der Waals surface area contributed by atoms with Crippen LogP contribution >= 0.6 is 0 Å². The maximum Gasteiger partial charge on any atom is 0.335 e. The van der Waals surface area contributed by atoms with Crippen molar-refractivity contribution in [3.8, 4) is 0 Å². The molecular weight excluding hydrogens is 304 g/mol. The molecule has 0 aromatic carbocycles. The van der Waals surface area contributed by atoms with E-state index in [1.165, 1.54) is 0 Å². The summed E-state index contributed by atoms with van der Waals surface area (Å²) in [5.41, 5.74) is 1.63. The van der Waals surface area contributed by atoms with Gasteiger partial charge in [-0.15, -0.1) is 0 Å². The van der Waals surface area contributed by atoms with E-state index in [2.05, 4.69) is 20.4 Å². The lowest BCUT2D eigenvalue weighted by molar-refractivity contribution is -0.132. The summed E-state index contributed by atoms with van der Waals surface area (Å²) in [5.74, 6) is -0.621. The molecule has 1 aliphatic carbocycles. The zero-order valence-corrected chi connectivity index (χ0v) is 14.4. The van der Waals surface area contributed by atoms with Crippen molar-refractivity contribution in [3.05, 3.63) is 60.1 Å². The van der Waals surface area contributed by atoms with Crippen LogP contribution in [0.1, 0.15) is 51.2 Å². The summed E-state index contributed by atoms with van der Waals surface area (Å²) in [6.07, 6.45) is 10.9. The Morgan fingerprint density at radius 3 is 2.92 bits per heavy atom. The van der Waals surface area contributed by atoms with Crippen LogP contribution in [0.3, 0.4) is 0 Å². The number of carbonyl (C=O) groups is 1. The third-order valence-electron chi connectivity index (χ3n) is 5.25. The molecule has 1 heterocycles. The molecule has 1 aromatic rings. The summed E-state index contributed by atoms with van der Waals surface area (Å²) >= 11 is 0. The summed E-state index contributed by atoms with van der Waals surface area (Å²) in [6.45, 7) is 8.27. The molecule has 0 aliphatic heterocycles. The Morgan fingerprint density at radius 2 is 2.29 bits per heavy atom. The Morgan fingerprint density at radius 1 is 1.54 bits per heavy atom. The SMILES string of the molecule is C=C1CC[C@@H](C)[C@](C)(C[C@@H](O)c2ccoc2)C/C=C\C=C/1C(=O)O. The highest BCUT2D eigenvalue weighted by atomic mass is 16.4. The number of aliphatic hydroxyl groups is 1. The molecule has 0 unspecified atom stereocenters. The number of furan rings is 1. The van der Waals surface area contributed by atoms with Gasteiger partial charge in [0.2, 0.25) is 0 Å². The predicted octanol–water partition coefficient (Wildman–Crippen LogP) is 4.65. The first kappa shape index (κ1) is 18.3. The second-order valence-electron chi connectivity index (χ2n) is 6.99. The number of carboxylic acids is 1. The fourth-order valence-electron chi connectivity index (χ4n) is 3.23. The van der Waals surface area contributed by atoms with Crippen LogP contribution in [0.5, 0.6) is 0 Å². The highest BCUT2D eigenvalue weighted by molar-refractivity contribution is 5.91. The maximum atomic E-state index is 11.3. The molecule has 4 nitrogen and oxygen atoms in total. The number of rotatable bonds is 4. The molecular formula is C20H26O4. The zero-order valence-electron chi connectivity index (χ0n) is 14.4. The van der Waals surface area contributed by atoms with Crippen LogP contribution in [0.4, 0.5) is 0 Å². The van der Waals surface area contributed by atoms with Gasteiger partial charge in [-0.2, -0.15) is 0 Å². The van der Waals surface area contributed by atoms with Gasteiger partial charge in [-0.3, -0.25) is 0 Å². The number of aliphatic carboxylic acids is 1. The molecule has 0 amide bonds. The number of allylic oxidation sites excluding steroid dienone is 3. The number of carboxylic acid groups (broad SMARTS) is 1. The van der Waals surface area contributed by atoms with Gasteiger partial charge >= 0.3 is 5.97 Å². The first-order chi connectivity index (χ1) is 11.3. The lowest BCUT2D eigenvalue weighted by Gasteiger charge is -2.37. The average molecular weight is 330 g/mol. The van der Waals surface area contributed by atoms with Gasteiger partial charge in [0.1, 0.15) is 0 Å². The lowest BCUT2D eigenvalue weighted by Crippen LogP contribution is -2.28. The van der Waals surface area contributed by atoms with Crippen LogP contribution in [-0.2, 0) is 4.79 Å². The molecule has 1 aromatic heterocycles. The normalized spacial score (nSPS) is 30.2. The van der Waals surface area contributed by atoms with Crippen molar-refractivity contribution in [3.63, 3.8) is 0 Å². The fraction of sp³-hybridized carbons (Fsp3) is 0.450. The van der Waals surface area contributed by atoms with Crippen molar-refractivity contribution in [2.45, 2.75) is 45.6 Å². The van der Waals surface area contributed by atoms with Crippen molar-refractivity contribution in [2.24, 2.45) is 11.3 Å². The third-order valence-corrected chi connectivity index (χ3v) is 5.25. The van der Waals surface area contributed by atoms with E-state index in [0.29, 0.717) is 24.3 Å². The lowest BCUT2D eigenvalue weighted by atomic mass is 9.68. The van der Waals surface area contributed by atoms with E-state index in [0.717, 1.165) is 18.4 Å². The highest BCUT2D eigenvalue weighted by Crippen LogP contribution is 2.43. The summed E-state index contributed by atoms with van der Waals surface area (Å²) in [5, 5.41) is 19.8. The van der Waals surface area contributed by atoms with Crippen molar-refractivity contribution in [1.82, 2.24) is 0 Å². The van der Waals surface area contributed by atoms with Crippen LogP contribution in [0.25, 0.3) is 0 Å². The fourth-order valence-corrected chi connectivity index (χ4v) is 3.23. The quantitative estimate of drug-likeness (QED) is 0.843. The first-order valence-electron chi connectivity index (χ1n) is 8.32. The van der Waals surface area contributed by atoms with E-state index in [4.69, 9.17) is 4.42 Å². The van der Waals surface area contributed by atoms with Gasteiger partial charge in [-0.1, -0.05) is 32.6 Å². The topological polar surface area (TPSA) is 70.7 Å². The Hall–Kier alpha value is -2.07. The largest absolute Gasteiger partial charge is 0.478 e. The van der Waals surface area contributed by atoms with E-state index in [9.17, 15) is 15.0 Å². The Labute approximate surface area is 143 Å². The molecule has 130 valence electrons. The number of hydrogen-bond acceptors (Lipinski definition) is 3. The molecule has 0 radical (unpaired) electrons. The summed E-state index contributed by atoms with van der Waals surface area (Å²) < 4.78 is 5.07. The summed E-state index contributed by atoms with van der Waals surface area (Å²) in [6, 6.07) is 1.79. The van der Waals surface area contributed by atoms with Gasteiger partial charge in [0.15, 0.2) is 0 Å². The molecule has 2 rings (SSSR count). The molecule has 0 spiro atoms. The first-order valence-corrected chi connectivity index (χ1v) is 8.32. The monoisotopic (exact) mass is 330 g/mol. The van der Waals surface area contributed by atoms with Gasteiger partial charge in [0.25, 0.3) is 0 Å². The minimum atomic E-state index is -0.934.